The molecule has 0 spiro atoms. The van der Waals surface area contributed by atoms with E-state index < -0.39 is 0 Å². The van der Waals surface area contributed by atoms with Gasteiger partial charge in [-0.25, -0.2) is 4.98 Å². The fourth-order valence-electron chi connectivity index (χ4n) is 2.88. The summed E-state index contributed by atoms with van der Waals surface area (Å²) in [5.41, 5.74) is 13.2. The summed E-state index contributed by atoms with van der Waals surface area (Å²) in [4.78, 5) is 8.13. The summed E-state index contributed by atoms with van der Waals surface area (Å²) in [6.07, 6.45) is 5.94. The molecule has 0 aromatic carbocycles. The molecule has 17 heavy (non-hydrogen) atoms. The number of aromatic amines is 1. The van der Waals surface area contributed by atoms with Crippen molar-refractivity contribution >= 4 is 16.7 Å². The number of nitrogens with zero attached hydrogens (tertiary/aromatic N) is 1. The van der Waals surface area contributed by atoms with E-state index in [1.54, 1.807) is 0 Å². The first-order valence-electron chi connectivity index (χ1n) is 6.44. The molecule has 0 unspecified atom stereocenters. The minimum absolute atomic E-state index is 0.966. The zero-order chi connectivity index (χ0) is 12.0. The Morgan fingerprint density at radius 3 is 2.71 bits per heavy atom. The molecule has 0 atom stereocenters. The largest absolute Gasteiger partial charge is 0.398 e. The standard InChI is InChI=1S/C14H19N3/c1-8-9(2)16-14-12(8)13(15)10-6-4-3-5-7-11(10)17-14/h3-7H2,1-2H3,(H3,15,16,17). The Kier molecular flexibility index (Phi) is 2.35. The van der Waals surface area contributed by atoms with Gasteiger partial charge in [-0.1, -0.05) is 6.42 Å². The summed E-state index contributed by atoms with van der Waals surface area (Å²) in [6.45, 7) is 4.21. The van der Waals surface area contributed by atoms with E-state index >= 15 is 0 Å². The average Bonchev–Trinajstić information content (AvgIpc) is 2.51. The SMILES string of the molecule is Cc1[nH]c2nc3c(c(N)c2c1C)CCCCC3. The molecule has 0 radical (unpaired) electrons. The third-order valence-electron chi connectivity index (χ3n) is 4.01. The van der Waals surface area contributed by atoms with E-state index in [0.717, 1.165) is 29.6 Å². The van der Waals surface area contributed by atoms with Crippen LogP contribution in [0.1, 0.15) is 41.8 Å². The van der Waals surface area contributed by atoms with E-state index in [-0.39, 0.29) is 0 Å². The predicted molar refractivity (Wildman–Crippen MR) is 71.2 cm³/mol. The number of hydrogen-bond donors (Lipinski definition) is 2. The lowest BCUT2D eigenvalue weighted by Crippen LogP contribution is -2.02. The highest BCUT2D eigenvalue weighted by Crippen LogP contribution is 2.33. The van der Waals surface area contributed by atoms with Crippen LogP contribution in [0, 0.1) is 13.8 Å². The molecule has 90 valence electrons. The van der Waals surface area contributed by atoms with E-state index in [9.17, 15) is 0 Å². The number of aromatic nitrogens is 2. The van der Waals surface area contributed by atoms with Crippen LogP contribution in [0.4, 0.5) is 5.69 Å². The molecule has 2 aromatic rings. The second-order valence-corrected chi connectivity index (χ2v) is 5.11. The van der Waals surface area contributed by atoms with Crippen LogP contribution in [0.3, 0.4) is 0 Å². The van der Waals surface area contributed by atoms with E-state index in [2.05, 4.69) is 18.8 Å². The number of hydrogen-bond acceptors (Lipinski definition) is 2. The highest BCUT2D eigenvalue weighted by Gasteiger charge is 2.18. The van der Waals surface area contributed by atoms with Gasteiger partial charge in [0.05, 0.1) is 0 Å². The molecule has 2 heterocycles. The first-order chi connectivity index (χ1) is 8.18. The number of nitrogens with one attached hydrogen (secondary N) is 1. The second kappa shape index (κ2) is 3.76. The van der Waals surface area contributed by atoms with Gasteiger partial charge in [-0.05, 0) is 50.7 Å². The van der Waals surface area contributed by atoms with Gasteiger partial charge in [-0.2, -0.15) is 0 Å². The van der Waals surface area contributed by atoms with Crippen molar-refractivity contribution in [2.45, 2.75) is 46.0 Å². The first kappa shape index (κ1) is 10.6. The zero-order valence-corrected chi connectivity index (χ0v) is 10.6. The number of nitrogen functional groups attached to an aromatic ring is 1. The molecular weight excluding hydrogens is 210 g/mol. The molecule has 0 fully saturated rings. The summed E-state index contributed by atoms with van der Waals surface area (Å²) in [6, 6.07) is 0. The van der Waals surface area contributed by atoms with Crippen LogP contribution >= 0.6 is 0 Å². The van der Waals surface area contributed by atoms with E-state index in [1.165, 1.54) is 41.8 Å². The normalized spacial score (nSPS) is 15.9. The minimum Gasteiger partial charge on any atom is -0.398 e. The van der Waals surface area contributed by atoms with Crippen molar-refractivity contribution in [1.29, 1.82) is 0 Å². The van der Waals surface area contributed by atoms with Crippen molar-refractivity contribution in [1.82, 2.24) is 9.97 Å². The Morgan fingerprint density at radius 1 is 1.12 bits per heavy atom. The Morgan fingerprint density at radius 2 is 1.88 bits per heavy atom. The molecule has 0 saturated heterocycles. The fourth-order valence-corrected chi connectivity index (χ4v) is 2.88. The fraction of sp³-hybridized carbons (Fsp3) is 0.500. The van der Waals surface area contributed by atoms with Crippen LogP contribution in [0.2, 0.25) is 0 Å². The Balaban J connectivity index is 2.33. The summed E-state index contributed by atoms with van der Waals surface area (Å²) in [5.74, 6) is 0. The van der Waals surface area contributed by atoms with Crippen molar-refractivity contribution < 1.29 is 0 Å². The van der Waals surface area contributed by atoms with Gasteiger partial charge >= 0.3 is 0 Å². The van der Waals surface area contributed by atoms with Crippen LogP contribution in [-0.2, 0) is 12.8 Å². The predicted octanol–water partition coefficient (Wildman–Crippen LogP) is 3.03. The first-order valence-corrected chi connectivity index (χ1v) is 6.44. The highest BCUT2D eigenvalue weighted by molar-refractivity contribution is 5.94. The molecule has 2 aromatic heterocycles. The summed E-state index contributed by atoms with van der Waals surface area (Å²) >= 11 is 0. The second-order valence-electron chi connectivity index (χ2n) is 5.11. The number of aryl methyl sites for hydroxylation is 3. The van der Waals surface area contributed by atoms with Gasteiger partial charge in [0.15, 0.2) is 0 Å². The lowest BCUT2D eigenvalue weighted by molar-refractivity contribution is 0.709. The van der Waals surface area contributed by atoms with Gasteiger partial charge in [-0.3, -0.25) is 0 Å². The van der Waals surface area contributed by atoms with Gasteiger partial charge in [0.25, 0.3) is 0 Å². The quantitative estimate of drug-likeness (QED) is 0.682. The average molecular weight is 229 g/mol. The molecule has 3 N–H and O–H groups in total. The van der Waals surface area contributed by atoms with Gasteiger partial charge in [0.2, 0.25) is 0 Å². The van der Waals surface area contributed by atoms with E-state index in [0.29, 0.717) is 0 Å². The third-order valence-corrected chi connectivity index (χ3v) is 4.01. The van der Waals surface area contributed by atoms with Crippen molar-refractivity contribution in [3.05, 3.63) is 22.5 Å². The van der Waals surface area contributed by atoms with Crippen LogP contribution in [0.5, 0.6) is 0 Å². The third kappa shape index (κ3) is 1.53. The molecule has 1 aliphatic carbocycles. The van der Waals surface area contributed by atoms with Crippen LogP contribution in [0.15, 0.2) is 0 Å². The van der Waals surface area contributed by atoms with E-state index in [1.807, 2.05) is 0 Å². The minimum atomic E-state index is 0.966. The van der Waals surface area contributed by atoms with Crippen LogP contribution in [0.25, 0.3) is 11.0 Å². The lowest BCUT2D eigenvalue weighted by atomic mass is 10.0. The van der Waals surface area contributed by atoms with Crippen molar-refractivity contribution in [3.63, 3.8) is 0 Å². The smallest absolute Gasteiger partial charge is 0.140 e. The monoisotopic (exact) mass is 229 g/mol. The lowest BCUT2D eigenvalue weighted by Gasteiger charge is -2.10. The molecular formula is C14H19N3. The molecule has 0 bridgehead atoms. The summed E-state index contributed by atoms with van der Waals surface area (Å²) in [5, 5.41) is 1.14. The zero-order valence-electron chi connectivity index (χ0n) is 10.6. The van der Waals surface area contributed by atoms with Crippen LogP contribution < -0.4 is 5.73 Å². The number of pyridine rings is 1. The van der Waals surface area contributed by atoms with Crippen molar-refractivity contribution in [3.8, 4) is 0 Å². The van der Waals surface area contributed by atoms with Crippen molar-refractivity contribution in [2.75, 3.05) is 5.73 Å². The number of fused-ring (bicyclic) bond motifs is 2. The molecule has 3 nitrogen and oxygen atoms in total. The maximum Gasteiger partial charge on any atom is 0.140 e. The number of anilines is 1. The van der Waals surface area contributed by atoms with E-state index in [4.69, 9.17) is 10.7 Å². The van der Waals surface area contributed by atoms with Gasteiger partial charge in [-0.15, -0.1) is 0 Å². The number of rotatable bonds is 0. The molecule has 3 heteroatoms. The Bertz CT molecular complexity index is 581. The molecule has 0 saturated carbocycles. The summed E-state index contributed by atoms with van der Waals surface area (Å²) < 4.78 is 0. The summed E-state index contributed by atoms with van der Waals surface area (Å²) in [7, 11) is 0. The van der Waals surface area contributed by atoms with Gasteiger partial charge in [0.1, 0.15) is 5.65 Å². The molecule has 3 rings (SSSR count). The topological polar surface area (TPSA) is 54.7 Å². The number of nitrogens with two attached hydrogens (primary N) is 1. The maximum absolute atomic E-state index is 6.36. The van der Waals surface area contributed by atoms with Gasteiger partial charge in [0, 0.05) is 22.5 Å². The Hall–Kier alpha value is -1.51. The van der Waals surface area contributed by atoms with Crippen molar-refractivity contribution in [2.24, 2.45) is 0 Å². The molecule has 0 amide bonds. The number of H-pyrrole nitrogens is 1. The molecule has 1 aliphatic rings. The molecule has 0 aliphatic heterocycles. The Labute approximate surface area is 101 Å². The highest BCUT2D eigenvalue weighted by atomic mass is 14.9. The van der Waals surface area contributed by atoms with Crippen LogP contribution in [-0.4, -0.2) is 9.97 Å². The van der Waals surface area contributed by atoms with Gasteiger partial charge < -0.3 is 10.7 Å². The maximum atomic E-state index is 6.36.